The van der Waals surface area contributed by atoms with Gasteiger partial charge in [0, 0.05) is 0 Å². The zero-order chi connectivity index (χ0) is 14.7. The summed E-state index contributed by atoms with van der Waals surface area (Å²) in [4.78, 5) is 11.2. The lowest BCUT2D eigenvalue weighted by Crippen LogP contribution is -2.05. The Labute approximate surface area is 118 Å². The maximum atomic E-state index is 11.2. The third-order valence-electron chi connectivity index (χ3n) is 3.03. The largest absolute Gasteiger partial charge is 0.491 e. The molecule has 0 unspecified atom stereocenters. The molecular formula is C17H18O3. The number of carbonyl (C=O) groups is 1. The first-order chi connectivity index (χ1) is 9.47. The highest BCUT2D eigenvalue weighted by Crippen LogP contribution is 2.25. The van der Waals surface area contributed by atoms with Gasteiger partial charge in [-0.1, -0.05) is 24.3 Å². The molecule has 0 atom stereocenters. The van der Waals surface area contributed by atoms with Crippen LogP contribution in [0, 0.1) is 6.92 Å². The molecule has 0 bridgehead atoms. The highest BCUT2D eigenvalue weighted by atomic mass is 16.5. The van der Waals surface area contributed by atoms with Gasteiger partial charge in [0.1, 0.15) is 5.75 Å². The van der Waals surface area contributed by atoms with E-state index in [1.54, 1.807) is 13.0 Å². The molecule has 0 fully saturated rings. The summed E-state index contributed by atoms with van der Waals surface area (Å²) in [7, 11) is 0. The molecule has 0 amide bonds. The highest BCUT2D eigenvalue weighted by Gasteiger charge is 2.09. The van der Waals surface area contributed by atoms with Crippen LogP contribution in [0.2, 0.25) is 0 Å². The molecular weight excluding hydrogens is 252 g/mol. The SMILES string of the molecule is Cc1ccc(-c2ccc(OC(C)C)cc2)cc1C(=O)O. The molecule has 0 heterocycles. The molecule has 104 valence electrons. The second-order valence-corrected chi connectivity index (χ2v) is 5.03. The zero-order valence-electron chi connectivity index (χ0n) is 11.9. The quantitative estimate of drug-likeness (QED) is 0.907. The Kier molecular flexibility index (Phi) is 4.08. The van der Waals surface area contributed by atoms with Crippen LogP contribution in [-0.2, 0) is 0 Å². The van der Waals surface area contributed by atoms with Crippen LogP contribution >= 0.6 is 0 Å². The first-order valence-electron chi connectivity index (χ1n) is 6.58. The van der Waals surface area contributed by atoms with Crippen LogP contribution in [-0.4, -0.2) is 17.2 Å². The topological polar surface area (TPSA) is 46.5 Å². The average Bonchev–Trinajstić information content (AvgIpc) is 2.39. The van der Waals surface area contributed by atoms with Crippen molar-refractivity contribution in [1.82, 2.24) is 0 Å². The second kappa shape index (κ2) is 5.78. The van der Waals surface area contributed by atoms with E-state index in [0.29, 0.717) is 5.56 Å². The van der Waals surface area contributed by atoms with Crippen molar-refractivity contribution in [3.63, 3.8) is 0 Å². The molecule has 0 saturated heterocycles. The van der Waals surface area contributed by atoms with Crippen LogP contribution < -0.4 is 4.74 Å². The fourth-order valence-corrected chi connectivity index (χ4v) is 2.03. The Morgan fingerprint density at radius 3 is 2.20 bits per heavy atom. The smallest absolute Gasteiger partial charge is 0.335 e. The molecule has 0 spiro atoms. The van der Waals surface area contributed by atoms with Gasteiger partial charge in [0.25, 0.3) is 0 Å². The molecule has 2 aromatic rings. The van der Waals surface area contributed by atoms with Crippen LogP contribution in [0.25, 0.3) is 11.1 Å². The Bertz CT molecular complexity index is 613. The highest BCUT2D eigenvalue weighted by molar-refractivity contribution is 5.91. The van der Waals surface area contributed by atoms with Crippen LogP contribution in [0.5, 0.6) is 5.75 Å². The minimum absolute atomic E-state index is 0.138. The van der Waals surface area contributed by atoms with Gasteiger partial charge < -0.3 is 9.84 Å². The number of carboxylic acid groups (broad SMARTS) is 1. The number of hydrogen-bond donors (Lipinski definition) is 1. The molecule has 0 saturated carbocycles. The van der Waals surface area contributed by atoms with E-state index in [1.165, 1.54) is 0 Å². The number of ether oxygens (including phenoxy) is 1. The Balaban J connectivity index is 2.32. The summed E-state index contributed by atoms with van der Waals surface area (Å²) in [6, 6.07) is 13.1. The molecule has 2 aromatic carbocycles. The van der Waals surface area contributed by atoms with Crippen LogP contribution in [0.1, 0.15) is 29.8 Å². The fourth-order valence-electron chi connectivity index (χ4n) is 2.03. The van der Waals surface area contributed by atoms with Gasteiger partial charge in [0.15, 0.2) is 0 Å². The number of aromatic carboxylic acids is 1. The minimum Gasteiger partial charge on any atom is -0.491 e. The van der Waals surface area contributed by atoms with E-state index in [9.17, 15) is 4.79 Å². The fraction of sp³-hybridized carbons (Fsp3) is 0.235. The maximum Gasteiger partial charge on any atom is 0.335 e. The van der Waals surface area contributed by atoms with Crippen LogP contribution in [0.15, 0.2) is 42.5 Å². The van der Waals surface area contributed by atoms with Crippen molar-refractivity contribution in [2.45, 2.75) is 26.9 Å². The van der Waals surface area contributed by atoms with Crippen molar-refractivity contribution in [3.05, 3.63) is 53.6 Å². The Hall–Kier alpha value is -2.29. The zero-order valence-corrected chi connectivity index (χ0v) is 11.9. The summed E-state index contributed by atoms with van der Waals surface area (Å²) in [6.45, 7) is 5.76. The summed E-state index contributed by atoms with van der Waals surface area (Å²) in [6.07, 6.45) is 0.138. The van der Waals surface area contributed by atoms with Gasteiger partial charge in [-0.25, -0.2) is 4.79 Å². The molecule has 0 aromatic heterocycles. The van der Waals surface area contributed by atoms with Gasteiger partial charge in [-0.15, -0.1) is 0 Å². The number of carboxylic acids is 1. The predicted molar refractivity (Wildman–Crippen MR) is 79.3 cm³/mol. The van der Waals surface area contributed by atoms with Crippen LogP contribution in [0.3, 0.4) is 0 Å². The lowest BCUT2D eigenvalue weighted by molar-refractivity contribution is 0.0696. The van der Waals surface area contributed by atoms with E-state index in [1.807, 2.05) is 50.2 Å². The van der Waals surface area contributed by atoms with Crippen molar-refractivity contribution < 1.29 is 14.6 Å². The first-order valence-corrected chi connectivity index (χ1v) is 6.58. The molecule has 0 aliphatic rings. The van der Waals surface area contributed by atoms with Crippen molar-refractivity contribution in [2.24, 2.45) is 0 Å². The molecule has 20 heavy (non-hydrogen) atoms. The van der Waals surface area contributed by atoms with E-state index in [-0.39, 0.29) is 6.10 Å². The normalized spacial score (nSPS) is 10.6. The summed E-state index contributed by atoms with van der Waals surface area (Å²) in [5, 5.41) is 9.16. The molecule has 0 aliphatic heterocycles. The van der Waals surface area contributed by atoms with Gasteiger partial charge in [-0.2, -0.15) is 0 Å². The lowest BCUT2D eigenvalue weighted by atomic mass is 10.00. The summed E-state index contributed by atoms with van der Waals surface area (Å²) in [5.41, 5.74) is 2.97. The van der Waals surface area contributed by atoms with E-state index in [2.05, 4.69) is 0 Å². The van der Waals surface area contributed by atoms with E-state index in [4.69, 9.17) is 9.84 Å². The lowest BCUT2D eigenvalue weighted by Gasteiger charge is -2.10. The number of benzene rings is 2. The Morgan fingerprint density at radius 2 is 1.65 bits per heavy atom. The minimum atomic E-state index is -0.899. The maximum absolute atomic E-state index is 11.2. The van der Waals surface area contributed by atoms with Crippen molar-refractivity contribution in [1.29, 1.82) is 0 Å². The number of hydrogen-bond acceptors (Lipinski definition) is 2. The van der Waals surface area contributed by atoms with Gasteiger partial charge >= 0.3 is 5.97 Å². The molecule has 1 N–H and O–H groups in total. The average molecular weight is 270 g/mol. The molecule has 3 heteroatoms. The standard InChI is InChI=1S/C17H18O3/c1-11(2)20-15-8-6-13(7-9-15)14-5-4-12(3)16(10-14)17(18)19/h4-11H,1-3H3,(H,18,19). The van der Waals surface area contributed by atoms with Gasteiger partial charge in [0.05, 0.1) is 11.7 Å². The molecule has 3 nitrogen and oxygen atoms in total. The monoisotopic (exact) mass is 270 g/mol. The summed E-state index contributed by atoms with van der Waals surface area (Å²) < 4.78 is 5.59. The summed E-state index contributed by atoms with van der Waals surface area (Å²) in [5.74, 6) is -0.0848. The van der Waals surface area contributed by atoms with Gasteiger partial charge in [-0.05, 0) is 55.7 Å². The van der Waals surface area contributed by atoms with E-state index < -0.39 is 5.97 Å². The number of rotatable bonds is 4. The predicted octanol–water partition coefficient (Wildman–Crippen LogP) is 4.15. The van der Waals surface area contributed by atoms with Crippen molar-refractivity contribution in [3.8, 4) is 16.9 Å². The molecule has 0 aliphatic carbocycles. The van der Waals surface area contributed by atoms with Gasteiger partial charge in [0.2, 0.25) is 0 Å². The molecule has 2 rings (SSSR count). The third kappa shape index (κ3) is 3.18. The van der Waals surface area contributed by atoms with Crippen LogP contribution in [0.4, 0.5) is 0 Å². The van der Waals surface area contributed by atoms with Gasteiger partial charge in [-0.3, -0.25) is 0 Å². The Morgan fingerprint density at radius 1 is 1.05 bits per heavy atom. The summed E-state index contributed by atoms with van der Waals surface area (Å²) >= 11 is 0. The van der Waals surface area contributed by atoms with Crippen molar-refractivity contribution >= 4 is 5.97 Å². The van der Waals surface area contributed by atoms with Crippen molar-refractivity contribution in [2.75, 3.05) is 0 Å². The second-order valence-electron chi connectivity index (χ2n) is 5.03. The van der Waals surface area contributed by atoms with E-state index >= 15 is 0 Å². The number of aryl methyl sites for hydroxylation is 1. The van der Waals surface area contributed by atoms with E-state index in [0.717, 1.165) is 22.4 Å². The molecule has 0 radical (unpaired) electrons. The first kappa shape index (κ1) is 14.1. The third-order valence-corrected chi connectivity index (χ3v) is 3.03.